The van der Waals surface area contributed by atoms with Crippen molar-refractivity contribution in [2.45, 2.75) is 13.3 Å². The summed E-state index contributed by atoms with van der Waals surface area (Å²) in [5.41, 5.74) is 10.1. The Morgan fingerprint density at radius 3 is 2.02 bits per heavy atom. The molecule has 0 unspecified atom stereocenters. The van der Waals surface area contributed by atoms with E-state index in [9.17, 15) is 0 Å². The van der Waals surface area contributed by atoms with E-state index in [-0.39, 0.29) is 0 Å². The second-order valence-corrected chi connectivity index (χ2v) is 11.1. The van der Waals surface area contributed by atoms with E-state index >= 15 is 0 Å². The summed E-state index contributed by atoms with van der Waals surface area (Å²) in [5.74, 6) is 0. The van der Waals surface area contributed by atoms with E-state index < -0.39 is 0 Å². The number of allylic oxidation sites excluding steroid dienone is 5. The molecule has 42 heavy (non-hydrogen) atoms. The van der Waals surface area contributed by atoms with Gasteiger partial charge in [0, 0.05) is 0 Å². The molecule has 0 bridgehead atoms. The molecule has 7 aromatic carbocycles. The Morgan fingerprint density at radius 2 is 1.26 bits per heavy atom. The van der Waals surface area contributed by atoms with Crippen LogP contribution in [0.5, 0.6) is 0 Å². The molecule has 0 saturated heterocycles. The SMILES string of the molecule is C=C/C=C\C=C(/C)c1ccc(-c2cc(Cc3ccccc3)cc(-c3ccc4ccc5cccc6ccc3c4c56)c2)cc1. The minimum atomic E-state index is 0.892. The zero-order valence-corrected chi connectivity index (χ0v) is 23.8. The molecule has 0 amide bonds. The number of benzene rings is 7. The first-order valence-electron chi connectivity index (χ1n) is 14.6. The fourth-order valence-corrected chi connectivity index (χ4v) is 6.24. The Morgan fingerprint density at radius 1 is 0.571 bits per heavy atom. The van der Waals surface area contributed by atoms with Crippen LogP contribution in [0, 0.1) is 0 Å². The van der Waals surface area contributed by atoms with Crippen LogP contribution in [0.3, 0.4) is 0 Å². The monoisotopic (exact) mass is 536 g/mol. The molecular weight excluding hydrogens is 504 g/mol. The van der Waals surface area contributed by atoms with Gasteiger partial charge in [0.2, 0.25) is 0 Å². The summed E-state index contributed by atoms with van der Waals surface area (Å²) < 4.78 is 0. The van der Waals surface area contributed by atoms with E-state index in [0.29, 0.717) is 0 Å². The molecule has 0 nitrogen and oxygen atoms in total. The second-order valence-electron chi connectivity index (χ2n) is 11.1. The van der Waals surface area contributed by atoms with Crippen LogP contribution in [0.15, 0.2) is 158 Å². The zero-order chi connectivity index (χ0) is 28.5. The van der Waals surface area contributed by atoms with Gasteiger partial charge in [0.1, 0.15) is 0 Å². The maximum atomic E-state index is 3.76. The van der Waals surface area contributed by atoms with Crippen molar-refractivity contribution < 1.29 is 0 Å². The van der Waals surface area contributed by atoms with Gasteiger partial charge in [-0.05, 0) is 96.2 Å². The van der Waals surface area contributed by atoms with Crippen LogP contribution in [-0.4, -0.2) is 0 Å². The number of hydrogen-bond donors (Lipinski definition) is 0. The average molecular weight is 537 g/mol. The summed E-state index contributed by atoms with van der Waals surface area (Å²) in [6.45, 7) is 5.91. The third-order valence-corrected chi connectivity index (χ3v) is 8.35. The highest BCUT2D eigenvalue weighted by Gasteiger charge is 2.14. The summed E-state index contributed by atoms with van der Waals surface area (Å²) in [4.78, 5) is 0. The van der Waals surface area contributed by atoms with Crippen molar-refractivity contribution in [3.8, 4) is 22.3 Å². The van der Waals surface area contributed by atoms with Gasteiger partial charge < -0.3 is 0 Å². The Labute approximate surface area is 247 Å². The Kier molecular flexibility index (Phi) is 6.74. The van der Waals surface area contributed by atoms with Gasteiger partial charge in [0.05, 0.1) is 0 Å². The lowest BCUT2D eigenvalue weighted by Gasteiger charge is -2.16. The molecule has 0 atom stereocenters. The van der Waals surface area contributed by atoms with Crippen LogP contribution in [0.4, 0.5) is 0 Å². The highest BCUT2D eigenvalue weighted by molar-refractivity contribution is 6.25. The first kappa shape index (κ1) is 25.7. The smallest absolute Gasteiger partial charge is 0.00206 e. The second kappa shape index (κ2) is 11.0. The third kappa shape index (κ3) is 4.82. The van der Waals surface area contributed by atoms with Crippen molar-refractivity contribution in [3.63, 3.8) is 0 Å². The van der Waals surface area contributed by atoms with Crippen LogP contribution in [0.2, 0.25) is 0 Å². The number of hydrogen-bond acceptors (Lipinski definition) is 0. The maximum absolute atomic E-state index is 3.76. The van der Waals surface area contributed by atoms with E-state index in [2.05, 4.69) is 147 Å². The van der Waals surface area contributed by atoms with Crippen molar-refractivity contribution >= 4 is 37.9 Å². The van der Waals surface area contributed by atoms with Gasteiger partial charge in [-0.1, -0.05) is 152 Å². The lowest BCUT2D eigenvalue weighted by atomic mass is 9.88. The topological polar surface area (TPSA) is 0 Å². The van der Waals surface area contributed by atoms with Gasteiger partial charge in [0.15, 0.2) is 0 Å². The molecule has 0 aliphatic heterocycles. The first-order chi connectivity index (χ1) is 20.7. The summed E-state index contributed by atoms with van der Waals surface area (Å²) in [6, 6.07) is 47.1. The Bertz CT molecular complexity index is 2090. The highest BCUT2D eigenvalue weighted by Crippen LogP contribution is 2.40. The molecule has 0 aliphatic rings. The zero-order valence-electron chi connectivity index (χ0n) is 23.8. The molecule has 0 N–H and O–H groups in total. The quantitative estimate of drug-likeness (QED) is 0.140. The van der Waals surface area contributed by atoms with Crippen molar-refractivity contribution in [2.24, 2.45) is 0 Å². The Balaban J connectivity index is 1.38. The highest BCUT2D eigenvalue weighted by atomic mass is 14.2. The average Bonchev–Trinajstić information content (AvgIpc) is 3.04. The van der Waals surface area contributed by atoms with Crippen LogP contribution in [0.1, 0.15) is 23.6 Å². The molecule has 200 valence electrons. The molecule has 0 radical (unpaired) electrons. The van der Waals surface area contributed by atoms with Gasteiger partial charge in [-0.2, -0.15) is 0 Å². The van der Waals surface area contributed by atoms with E-state index in [1.807, 2.05) is 12.2 Å². The van der Waals surface area contributed by atoms with Crippen LogP contribution < -0.4 is 0 Å². The van der Waals surface area contributed by atoms with Gasteiger partial charge >= 0.3 is 0 Å². The molecule has 0 heterocycles. The number of rotatable bonds is 7. The predicted octanol–water partition coefficient (Wildman–Crippen LogP) is 11.7. The van der Waals surface area contributed by atoms with Gasteiger partial charge in [0.25, 0.3) is 0 Å². The Hall–Kier alpha value is -5.20. The summed E-state index contributed by atoms with van der Waals surface area (Å²) in [5, 5.41) is 7.91. The maximum Gasteiger partial charge on any atom is -0.00206 e. The summed E-state index contributed by atoms with van der Waals surface area (Å²) in [6.07, 6.45) is 8.81. The standard InChI is InChI=1S/C42H32/c1-3-4-6-10-29(2)32-15-17-33(18-16-32)37-26-31(25-30-11-7-5-8-12-30)27-38(28-37)39-23-21-36-20-19-34-13-9-14-35-22-24-40(39)42(36)41(34)35/h3-24,26-28H,1,25H2,2H3/b6-4-,29-10+. The molecule has 0 heteroatoms. The van der Waals surface area contributed by atoms with E-state index in [1.165, 1.54) is 76.8 Å². The summed E-state index contributed by atoms with van der Waals surface area (Å²) >= 11 is 0. The fourth-order valence-electron chi connectivity index (χ4n) is 6.24. The molecule has 7 rings (SSSR count). The molecule has 7 aromatic rings. The van der Waals surface area contributed by atoms with Crippen LogP contribution >= 0.6 is 0 Å². The molecule has 0 fully saturated rings. The molecular formula is C42H32. The van der Waals surface area contributed by atoms with E-state index in [0.717, 1.165) is 6.42 Å². The minimum Gasteiger partial charge on any atom is -0.0991 e. The van der Waals surface area contributed by atoms with Crippen molar-refractivity contribution in [2.75, 3.05) is 0 Å². The van der Waals surface area contributed by atoms with Crippen LogP contribution in [0.25, 0.3) is 60.1 Å². The molecule has 0 spiro atoms. The fraction of sp³-hybridized carbons (Fsp3) is 0.0476. The van der Waals surface area contributed by atoms with Crippen molar-refractivity contribution in [1.29, 1.82) is 0 Å². The normalized spacial score (nSPS) is 12.2. The van der Waals surface area contributed by atoms with Gasteiger partial charge in [-0.3, -0.25) is 0 Å². The lowest BCUT2D eigenvalue weighted by molar-refractivity contribution is 1.19. The van der Waals surface area contributed by atoms with Crippen molar-refractivity contribution in [3.05, 3.63) is 175 Å². The first-order valence-corrected chi connectivity index (χ1v) is 14.6. The molecule has 0 saturated carbocycles. The van der Waals surface area contributed by atoms with Gasteiger partial charge in [-0.25, -0.2) is 0 Å². The largest absolute Gasteiger partial charge is 0.0991 e. The third-order valence-electron chi connectivity index (χ3n) is 8.35. The summed E-state index contributed by atoms with van der Waals surface area (Å²) in [7, 11) is 0. The lowest BCUT2D eigenvalue weighted by Crippen LogP contribution is -1.93. The van der Waals surface area contributed by atoms with Gasteiger partial charge in [-0.15, -0.1) is 0 Å². The van der Waals surface area contributed by atoms with Crippen LogP contribution in [-0.2, 0) is 6.42 Å². The van der Waals surface area contributed by atoms with E-state index in [1.54, 1.807) is 6.08 Å². The predicted molar refractivity (Wildman–Crippen MR) is 183 cm³/mol. The molecule has 0 aliphatic carbocycles. The molecule has 0 aromatic heterocycles. The van der Waals surface area contributed by atoms with Crippen molar-refractivity contribution in [1.82, 2.24) is 0 Å². The van der Waals surface area contributed by atoms with E-state index in [4.69, 9.17) is 0 Å². The minimum absolute atomic E-state index is 0.892.